The highest BCUT2D eigenvalue weighted by Crippen LogP contribution is 2.20. The molecule has 1 aromatic heterocycles. The first-order chi connectivity index (χ1) is 11.2. The number of hydrogen-bond donors (Lipinski definition) is 2. The highest BCUT2D eigenvalue weighted by atomic mass is 16.1. The highest BCUT2D eigenvalue weighted by Gasteiger charge is 2.14. The molecule has 0 fully saturated rings. The maximum Gasteiger partial charge on any atom is 0.228 e. The highest BCUT2D eigenvalue weighted by molar-refractivity contribution is 5.91. The van der Waals surface area contributed by atoms with Crippen LogP contribution in [0.3, 0.4) is 0 Å². The van der Waals surface area contributed by atoms with Crippen molar-refractivity contribution in [3.8, 4) is 6.07 Å². The predicted molar refractivity (Wildman–Crippen MR) is 91.4 cm³/mol. The van der Waals surface area contributed by atoms with E-state index in [-0.39, 0.29) is 11.8 Å². The number of carbonyl (C=O) groups excluding carboxylic acids is 1. The maximum absolute atomic E-state index is 12.0. The second-order valence-corrected chi connectivity index (χ2v) is 5.22. The monoisotopic (exact) mass is 308 g/mol. The third-order valence-electron chi connectivity index (χ3n) is 3.70. The van der Waals surface area contributed by atoms with Crippen LogP contribution < -0.4 is 10.6 Å². The van der Waals surface area contributed by atoms with Gasteiger partial charge in [0.25, 0.3) is 0 Å². The average Bonchev–Trinajstić information content (AvgIpc) is 2.58. The topological polar surface area (TPSA) is 77.8 Å². The summed E-state index contributed by atoms with van der Waals surface area (Å²) in [5.41, 5.74) is 2.05. The summed E-state index contributed by atoms with van der Waals surface area (Å²) in [4.78, 5) is 16.3. The molecule has 1 amide bonds. The van der Waals surface area contributed by atoms with Gasteiger partial charge >= 0.3 is 0 Å². The van der Waals surface area contributed by atoms with Crippen molar-refractivity contribution in [1.82, 2.24) is 4.98 Å². The fraction of sp³-hybridized carbons (Fsp3) is 0.278. The first-order valence-corrected chi connectivity index (χ1v) is 7.71. The molecular weight excluding hydrogens is 288 g/mol. The summed E-state index contributed by atoms with van der Waals surface area (Å²) < 4.78 is 0. The van der Waals surface area contributed by atoms with Crippen LogP contribution in [-0.2, 0) is 4.79 Å². The number of benzene rings is 1. The van der Waals surface area contributed by atoms with Crippen LogP contribution in [0.1, 0.15) is 32.3 Å². The van der Waals surface area contributed by atoms with Crippen LogP contribution in [0.4, 0.5) is 17.2 Å². The van der Waals surface area contributed by atoms with Gasteiger partial charge in [-0.1, -0.05) is 26.0 Å². The molecule has 0 aliphatic rings. The molecule has 1 heterocycles. The molecule has 2 rings (SSSR count). The number of carbonyl (C=O) groups is 1. The summed E-state index contributed by atoms with van der Waals surface area (Å²) in [6.07, 6.45) is 3.26. The Bertz CT molecular complexity index is 700. The van der Waals surface area contributed by atoms with Gasteiger partial charge in [-0.05, 0) is 37.1 Å². The number of aromatic nitrogens is 1. The van der Waals surface area contributed by atoms with Gasteiger partial charge < -0.3 is 10.6 Å². The molecule has 2 N–H and O–H groups in total. The Morgan fingerprint density at radius 3 is 2.57 bits per heavy atom. The molecule has 0 spiro atoms. The van der Waals surface area contributed by atoms with Crippen molar-refractivity contribution in [3.05, 3.63) is 48.2 Å². The molecule has 5 nitrogen and oxygen atoms in total. The summed E-state index contributed by atoms with van der Waals surface area (Å²) >= 11 is 0. The molecule has 0 saturated heterocycles. The fourth-order valence-corrected chi connectivity index (χ4v) is 2.27. The molecule has 0 aliphatic carbocycles. The van der Waals surface area contributed by atoms with E-state index in [9.17, 15) is 4.79 Å². The van der Waals surface area contributed by atoms with E-state index in [2.05, 4.69) is 21.7 Å². The Morgan fingerprint density at radius 1 is 1.22 bits per heavy atom. The molecule has 0 bridgehead atoms. The van der Waals surface area contributed by atoms with Crippen LogP contribution in [0.25, 0.3) is 0 Å². The molecule has 1 aromatic carbocycles. The van der Waals surface area contributed by atoms with Crippen LogP contribution in [0.2, 0.25) is 0 Å². The predicted octanol–water partition coefficient (Wildman–Crippen LogP) is 4.07. The van der Waals surface area contributed by atoms with Gasteiger partial charge in [0.2, 0.25) is 5.91 Å². The summed E-state index contributed by atoms with van der Waals surface area (Å²) in [6.45, 7) is 4.00. The lowest BCUT2D eigenvalue weighted by atomic mass is 10.0. The number of nitriles is 1. The van der Waals surface area contributed by atoms with E-state index in [4.69, 9.17) is 5.26 Å². The molecule has 0 saturated carbocycles. The van der Waals surface area contributed by atoms with Crippen LogP contribution in [-0.4, -0.2) is 10.9 Å². The second kappa shape index (κ2) is 7.95. The van der Waals surface area contributed by atoms with Crippen LogP contribution in [0.5, 0.6) is 0 Å². The second-order valence-electron chi connectivity index (χ2n) is 5.22. The standard InChI is InChI=1S/C18H20N4O/c1-3-13(4-2)18(23)22-17-10-9-15(12-20-17)21-16-8-6-5-7-14(16)11-19/h5-10,12-13,21H,3-4H2,1-2H3,(H,20,22,23). The van der Waals surface area contributed by atoms with Crippen molar-refractivity contribution < 1.29 is 4.79 Å². The van der Waals surface area contributed by atoms with Crippen molar-refractivity contribution in [1.29, 1.82) is 5.26 Å². The molecule has 0 atom stereocenters. The third-order valence-corrected chi connectivity index (χ3v) is 3.70. The molecule has 0 unspecified atom stereocenters. The zero-order valence-corrected chi connectivity index (χ0v) is 13.3. The number of nitrogens with one attached hydrogen (secondary N) is 2. The van der Waals surface area contributed by atoms with Crippen LogP contribution in [0.15, 0.2) is 42.6 Å². The summed E-state index contributed by atoms with van der Waals surface area (Å²) in [5, 5.41) is 15.1. The third kappa shape index (κ3) is 4.30. The van der Waals surface area contributed by atoms with Gasteiger partial charge in [-0.2, -0.15) is 5.26 Å². The van der Waals surface area contributed by atoms with E-state index < -0.39 is 0 Å². The summed E-state index contributed by atoms with van der Waals surface area (Å²) in [6, 6.07) is 13.0. The van der Waals surface area contributed by atoms with Crippen LogP contribution >= 0.6 is 0 Å². The number of nitrogens with zero attached hydrogens (tertiary/aromatic N) is 2. The van der Waals surface area contributed by atoms with Crippen molar-refractivity contribution >= 4 is 23.1 Å². The summed E-state index contributed by atoms with van der Waals surface area (Å²) in [5.74, 6) is 0.538. The fourth-order valence-electron chi connectivity index (χ4n) is 2.27. The minimum atomic E-state index is -0.00182. The number of rotatable bonds is 6. The van der Waals surface area contributed by atoms with E-state index >= 15 is 0 Å². The molecule has 23 heavy (non-hydrogen) atoms. The van der Waals surface area contributed by atoms with Crippen molar-refractivity contribution in [2.24, 2.45) is 5.92 Å². The van der Waals surface area contributed by atoms with Crippen LogP contribution in [0, 0.1) is 17.2 Å². The van der Waals surface area contributed by atoms with Crippen molar-refractivity contribution in [3.63, 3.8) is 0 Å². The average molecular weight is 308 g/mol. The Hall–Kier alpha value is -2.87. The number of hydrogen-bond acceptors (Lipinski definition) is 4. The van der Waals surface area contributed by atoms with Gasteiger partial charge in [0, 0.05) is 5.92 Å². The molecule has 0 aliphatic heterocycles. The van der Waals surface area contributed by atoms with E-state index in [1.807, 2.05) is 38.1 Å². The lowest BCUT2D eigenvalue weighted by Crippen LogP contribution is -2.22. The number of amides is 1. The van der Waals surface area contributed by atoms with Gasteiger partial charge in [-0.25, -0.2) is 4.98 Å². The lowest BCUT2D eigenvalue weighted by Gasteiger charge is -2.13. The maximum atomic E-state index is 12.0. The normalized spacial score (nSPS) is 10.2. The van der Waals surface area contributed by atoms with Gasteiger partial charge in [0.05, 0.1) is 23.1 Å². The zero-order chi connectivity index (χ0) is 16.7. The molecule has 0 radical (unpaired) electrons. The summed E-state index contributed by atoms with van der Waals surface area (Å²) in [7, 11) is 0. The van der Waals surface area contributed by atoms with E-state index in [1.165, 1.54) is 0 Å². The number of pyridine rings is 1. The van der Waals surface area contributed by atoms with Gasteiger partial charge in [0.15, 0.2) is 0 Å². The Morgan fingerprint density at radius 2 is 1.96 bits per heavy atom. The zero-order valence-electron chi connectivity index (χ0n) is 13.3. The van der Waals surface area contributed by atoms with E-state index in [1.54, 1.807) is 18.3 Å². The molecule has 2 aromatic rings. The lowest BCUT2D eigenvalue weighted by molar-refractivity contribution is -0.120. The Kier molecular flexibility index (Phi) is 5.70. The Labute approximate surface area is 136 Å². The van der Waals surface area contributed by atoms with Crippen molar-refractivity contribution in [2.75, 3.05) is 10.6 Å². The minimum Gasteiger partial charge on any atom is -0.353 e. The number of para-hydroxylation sites is 1. The van der Waals surface area contributed by atoms with Gasteiger partial charge in [0.1, 0.15) is 11.9 Å². The molecule has 118 valence electrons. The minimum absolute atomic E-state index is 0.00182. The molecule has 5 heteroatoms. The Balaban J connectivity index is 2.05. The van der Waals surface area contributed by atoms with Gasteiger partial charge in [-0.3, -0.25) is 4.79 Å². The molecular formula is C18H20N4O. The first kappa shape index (κ1) is 16.5. The SMILES string of the molecule is CCC(CC)C(=O)Nc1ccc(Nc2ccccc2C#N)cn1. The van der Waals surface area contributed by atoms with Gasteiger partial charge in [-0.15, -0.1) is 0 Å². The van der Waals surface area contributed by atoms with E-state index in [0.717, 1.165) is 24.2 Å². The van der Waals surface area contributed by atoms with Crippen molar-refractivity contribution in [2.45, 2.75) is 26.7 Å². The van der Waals surface area contributed by atoms with E-state index in [0.29, 0.717) is 11.4 Å². The smallest absolute Gasteiger partial charge is 0.228 e. The quantitative estimate of drug-likeness (QED) is 0.843. The number of anilines is 3. The largest absolute Gasteiger partial charge is 0.353 e. The first-order valence-electron chi connectivity index (χ1n) is 7.71.